The molecule has 37 heavy (non-hydrogen) atoms. The van der Waals surface area contributed by atoms with Gasteiger partial charge in [0.2, 0.25) is 11.9 Å². The molecule has 1 atom stereocenters. The highest BCUT2D eigenvalue weighted by Crippen LogP contribution is 2.23. The summed E-state index contributed by atoms with van der Waals surface area (Å²) < 4.78 is 11.0. The Hall–Kier alpha value is -4.53. The maximum Gasteiger partial charge on any atom is 0.252 e. The normalized spacial score (nSPS) is 17.2. The minimum absolute atomic E-state index is 0.0244. The highest BCUT2D eigenvalue weighted by atomic mass is 16.5. The van der Waals surface area contributed by atoms with Gasteiger partial charge in [-0.2, -0.15) is 0 Å². The van der Waals surface area contributed by atoms with Crippen molar-refractivity contribution < 1.29 is 19.1 Å². The van der Waals surface area contributed by atoms with E-state index >= 15 is 0 Å². The van der Waals surface area contributed by atoms with Crippen LogP contribution in [-0.2, 0) is 9.59 Å². The number of carbonyl (C=O) groups excluding carboxylic acids is 2. The Kier molecular flexibility index (Phi) is 7.21. The van der Waals surface area contributed by atoms with Crippen molar-refractivity contribution in [2.45, 2.75) is 12.5 Å². The summed E-state index contributed by atoms with van der Waals surface area (Å²) in [6.07, 6.45) is -0.0244. The lowest BCUT2D eigenvalue weighted by Crippen LogP contribution is -2.52. The van der Waals surface area contributed by atoms with Crippen LogP contribution in [0.3, 0.4) is 0 Å². The number of rotatable bonds is 7. The molecule has 1 fully saturated rings. The van der Waals surface area contributed by atoms with E-state index in [-0.39, 0.29) is 18.2 Å². The molecule has 5 rings (SSSR count). The van der Waals surface area contributed by atoms with Crippen LogP contribution in [0.5, 0.6) is 17.2 Å². The summed E-state index contributed by atoms with van der Waals surface area (Å²) in [5.74, 6) is 2.25. The molecule has 3 aromatic rings. The Morgan fingerprint density at radius 2 is 1.51 bits per heavy atom. The maximum absolute atomic E-state index is 12.6. The van der Waals surface area contributed by atoms with Gasteiger partial charge in [-0.1, -0.05) is 18.2 Å². The summed E-state index contributed by atoms with van der Waals surface area (Å²) in [6.45, 7) is 3.05. The standard InChI is InChI=1S/C28H29N5O4/c1-36-22-13-9-21(10-14-22)32-15-17-33(18-16-32)28-30-25(27(35)31-28)19-26(34)29-20-7-11-24(12-8-20)37-23-5-3-2-4-6-23/h2-14,25H,15-19H2,1H3,(H,29,34)(H,30,31,35)/t25-/m0/s1. The van der Waals surface area contributed by atoms with Gasteiger partial charge in [0.1, 0.15) is 23.3 Å². The van der Waals surface area contributed by atoms with Crippen LogP contribution in [0, 0.1) is 0 Å². The average molecular weight is 500 g/mol. The van der Waals surface area contributed by atoms with Crippen molar-refractivity contribution in [3.8, 4) is 17.2 Å². The summed E-state index contributed by atoms with van der Waals surface area (Å²) in [7, 11) is 1.65. The average Bonchev–Trinajstić information content (AvgIpc) is 3.30. The predicted octanol–water partition coefficient (Wildman–Crippen LogP) is 3.49. The van der Waals surface area contributed by atoms with Gasteiger partial charge in [0.25, 0.3) is 5.91 Å². The quantitative estimate of drug-likeness (QED) is 0.517. The zero-order chi connectivity index (χ0) is 25.6. The fourth-order valence-electron chi connectivity index (χ4n) is 4.32. The molecule has 2 aliphatic rings. The van der Waals surface area contributed by atoms with Gasteiger partial charge in [-0.15, -0.1) is 0 Å². The first kappa shape index (κ1) is 24.2. The first-order chi connectivity index (χ1) is 18.1. The Balaban J connectivity index is 1.11. The van der Waals surface area contributed by atoms with Gasteiger partial charge in [-0.05, 0) is 60.7 Å². The van der Waals surface area contributed by atoms with E-state index in [1.54, 1.807) is 31.4 Å². The van der Waals surface area contributed by atoms with Crippen LogP contribution in [0.2, 0.25) is 0 Å². The SMILES string of the molecule is COc1ccc(N2CCN(C3=N[C@@H](CC(=O)Nc4ccc(Oc5ccccc5)cc4)C(=O)N3)CC2)cc1. The van der Waals surface area contributed by atoms with Gasteiger partial charge in [-0.3, -0.25) is 14.9 Å². The van der Waals surface area contributed by atoms with Crippen LogP contribution in [0.4, 0.5) is 11.4 Å². The lowest BCUT2D eigenvalue weighted by atomic mass is 10.2. The van der Waals surface area contributed by atoms with Gasteiger partial charge >= 0.3 is 0 Å². The zero-order valence-electron chi connectivity index (χ0n) is 20.6. The second-order valence-corrected chi connectivity index (χ2v) is 8.82. The highest BCUT2D eigenvalue weighted by Gasteiger charge is 2.32. The molecule has 0 radical (unpaired) electrons. The van der Waals surface area contributed by atoms with Gasteiger partial charge in [0, 0.05) is 37.6 Å². The van der Waals surface area contributed by atoms with Gasteiger partial charge in [0.05, 0.1) is 13.5 Å². The van der Waals surface area contributed by atoms with E-state index in [2.05, 4.69) is 25.4 Å². The van der Waals surface area contributed by atoms with Crippen molar-refractivity contribution in [3.05, 3.63) is 78.9 Å². The number of nitrogens with one attached hydrogen (secondary N) is 2. The summed E-state index contributed by atoms with van der Waals surface area (Å²) in [5, 5.41) is 5.68. The number of carbonyl (C=O) groups is 2. The van der Waals surface area contributed by atoms with Crippen molar-refractivity contribution in [2.24, 2.45) is 4.99 Å². The van der Waals surface area contributed by atoms with Crippen molar-refractivity contribution in [2.75, 3.05) is 43.5 Å². The number of piperazine rings is 1. The number of hydrogen-bond acceptors (Lipinski definition) is 7. The number of para-hydroxylation sites is 1. The molecule has 0 saturated carbocycles. The zero-order valence-corrected chi connectivity index (χ0v) is 20.6. The van der Waals surface area contributed by atoms with Crippen LogP contribution in [0.15, 0.2) is 83.9 Å². The number of benzene rings is 3. The predicted molar refractivity (Wildman–Crippen MR) is 142 cm³/mol. The van der Waals surface area contributed by atoms with Crippen LogP contribution < -0.4 is 25.0 Å². The fourth-order valence-corrected chi connectivity index (χ4v) is 4.32. The van der Waals surface area contributed by atoms with Crippen LogP contribution >= 0.6 is 0 Å². The maximum atomic E-state index is 12.6. The third-order valence-electron chi connectivity index (χ3n) is 6.33. The van der Waals surface area contributed by atoms with Gasteiger partial charge in [-0.25, -0.2) is 4.99 Å². The lowest BCUT2D eigenvalue weighted by molar-refractivity contribution is -0.123. The molecule has 1 saturated heterocycles. The summed E-state index contributed by atoms with van der Waals surface area (Å²) >= 11 is 0. The topological polar surface area (TPSA) is 95.5 Å². The van der Waals surface area contributed by atoms with E-state index in [0.29, 0.717) is 17.4 Å². The Bertz CT molecular complexity index is 1250. The molecule has 3 aromatic carbocycles. The van der Waals surface area contributed by atoms with Crippen molar-refractivity contribution >= 4 is 29.1 Å². The molecule has 9 heteroatoms. The number of nitrogens with zero attached hydrogens (tertiary/aromatic N) is 3. The molecule has 0 aliphatic carbocycles. The summed E-state index contributed by atoms with van der Waals surface area (Å²) in [4.78, 5) is 34.0. The Morgan fingerprint density at radius 3 is 2.19 bits per heavy atom. The second-order valence-electron chi connectivity index (χ2n) is 8.82. The minimum Gasteiger partial charge on any atom is -0.497 e. The highest BCUT2D eigenvalue weighted by molar-refractivity contribution is 6.07. The fraction of sp³-hybridized carbons (Fsp3) is 0.250. The molecule has 2 N–H and O–H groups in total. The van der Waals surface area contributed by atoms with Gasteiger partial charge < -0.3 is 24.6 Å². The molecule has 2 aliphatic heterocycles. The van der Waals surface area contributed by atoms with E-state index in [1.807, 2.05) is 54.6 Å². The Morgan fingerprint density at radius 1 is 0.892 bits per heavy atom. The van der Waals surface area contributed by atoms with E-state index in [0.717, 1.165) is 43.4 Å². The summed E-state index contributed by atoms with van der Waals surface area (Å²) in [5.41, 5.74) is 1.76. The van der Waals surface area contributed by atoms with Crippen LogP contribution in [0.25, 0.3) is 0 Å². The second kappa shape index (κ2) is 11.0. The number of ether oxygens (including phenoxy) is 2. The molecule has 0 unspecified atom stereocenters. The third-order valence-corrected chi connectivity index (χ3v) is 6.33. The Labute approximate surface area is 215 Å². The molecule has 0 aromatic heterocycles. The third kappa shape index (κ3) is 6.00. The minimum atomic E-state index is -0.740. The largest absolute Gasteiger partial charge is 0.497 e. The van der Waals surface area contributed by atoms with Crippen molar-refractivity contribution in [1.29, 1.82) is 0 Å². The van der Waals surface area contributed by atoms with E-state index in [1.165, 1.54) is 0 Å². The lowest BCUT2D eigenvalue weighted by Gasteiger charge is -2.36. The van der Waals surface area contributed by atoms with Crippen LogP contribution in [0.1, 0.15) is 6.42 Å². The molecule has 2 heterocycles. The number of amides is 2. The molecule has 9 nitrogen and oxygen atoms in total. The number of guanidine groups is 1. The molecular weight excluding hydrogens is 470 g/mol. The van der Waals surface area contributed by atoms with Crippen LogP contribution in [-0.4, -0.2) is 62.0 Å². The summed E-state index contributed by atoms with van der Waals surface area (Å²) in [6, 6.07) is 23.8. The first-order valence-corrected chi connectivity index (χ1v) is 12.2. The smallest absolute Gasteiger partial charge is 0.252 e. The van der Waals surface area contributed by atoms with Gasteiger partial charge in [0.15, 0.2) is 0 Å². The number of anilines is 2. The molecular formula is C28H29N5O4. The molecule has 190 valence electrons. The van der Waals surface area contributed by atoms with E-state index in [4.69, 9.17) is 9.47 Å². The van der Waals surface area contributed by atoms with E-state index in [9.17, 15) is 9.59 Å². The number of hydrogen-bond donors (Lipinski definition) is 2. The molecule has 0 spiro atoms. The molecule has 2 amide bonds. The number of aliphatic imine (C=N–C) groups is 1. The first-order valence-electron chi connectivity index (χ1n) is 12.2. The van der Waals surface area contributed by atoms with Crippen molar-refractivity contribution in [3.63, 3.8) is 0 Å². The molecule has 0 bridgehead atoms. The monoisotopic (exact) mass is 499 g/mol. The number of methoxy groups -OCH3 is 1. The van der Waals surface area contributed by atoms with Crippen molar-refractivity contribution in [1.82, 2.24) is 10.2 Å². The van der Waals surface area contributed by atoms with E-state index < -0.39 is 6.04 Å².